The van der Waals surface area contributed by atoms with Gasteiger partial charge in [-0.15, -0.1) is 0 Å². The molecule has 0 aliphatic carbocycles. The minimum Gasteiger partial charge on any atom is -0.0654 e. The fourth-order valence-corrected chi connectivity index (χ4v) is 9.30. The molecule has 0 radical (unpaired) electrons. The zero-order valence-corrected chi connectivity index (χ0v) is 28.9. The highest BCUT2D eigenvalue weighted by molar-refractivity contribution is 7.57. The molecular formula is C45H40P2. The van der Waals surface area contributed by atoms with Gasteiger partial charge in [-0.2, -0.15) is 0 Å². The van der Waals surface area contributed by atoms with Crippen LogP contribution in [-0.4, -0.2) is 0 Å². The minimum absolute atomic E-state index is 0.683. The zero-order chi connectivity index (χ0) is 31.8. The average molecular weight is 643 g/mol. The summed E-state index contributed by atoms with van der Waals surface area (Å²) in [5.74, 6) is 0. The van der Waals surface area contributed by atoms with Gasteiger partial charge in [0.15, 0.2) is 0 Å². The van der Waals surface area contributed by atoms with Crippen LogP contribution >= 0.6 is 17.2 Å². The fourth-order valence-electron chi connectivity index (χ4n) is 6.56. The van der Waals surface area contributed by atoms with Crippen molar-refractivity contribution in [2.45, 2.75) is 32.6 Å². The van der Waals surface area contributed by atoms with Gasteiger partial charge >= 0.3 is 0 Å². The van der Waals surface area contributed by atoms with Crippen LogP contribution in [0.1, 0.15) is 31.7 Å². The largest absolute Gasteiger partial charge is 0.0654 e. The van der Waals surface area contributed by atoms with E-state index in [-0.39, 0.29) is 0 Å². The summed E-state index contributed by atoms with van der Waals surface area (Å²) < 4.78 is 0. The minimum atomic E-state index is 0.683. The van der Waals surface area contributed by atoms with Crippen LogP contribution < -0.4 is 21.2 Å². The van der Waals surface area contributed by atoms with Gasteiger partial charge < -0.3 is 0 Å². The van der Waals surface area contributed by atoms with Crippen LogP contribution in [0.4, 0.5) is 0 Å². The summed E-state index contributed by atoms with van der Waals surface area (Å²) in [4.78, 5) is 0. The number of aryl methyl sites for hydroxylation is 1. The number of fused-ring (bicyclic) bond motifs is 4. The highest BCUT2D eigenvalue weighted by atomic mass is 31.1. The van der Waals surface area contributed by atoms with Gasteiger partial charge in [-0.05, 0) is 82.7 Å². The summed E-state index contributed by atoms with van der Waals surface area (Å²) >= 11 is 0. The van der Waals surface area contributed by atoms with Crippen molar-refractivity contribution in [1.82, 2.24) is 0 Å². The monoisotopic (exact) mass is 642 g/mol. The third-order valence-corrected chi connectivity index (χ3v) is 11.8. The van der Waals surface area contributed by atoms with Crippen LogP contribution in [0.2, 0.25) is 0 Å². The Morgan fingerprint density at radius 1 is 0.340 bits per heavy atom. The molecule has 0 aromatic heterocycles. The number of hydrogen-bond acceptors (Lipinski definition) is 0. The first-order valence-corrected chi connectivity index (χ1v) is 18.8. The standard InChI is InChI=1S/C25H25P.C20H15P/c1-2-3-4-10-19-12-7-16-23-21(19)15-9-18-25(23)26-24-17-8-13-20-11-5-6-14-22(20)24;1-3-11-17-15(7-1)9-5-13-19(17)21-20-14-6-10-16-8-2-4-12-18(16)20/h5-9,11-18,26H,2-4,10H2,1H3;1-14,21H. The maximum atomic E-state index is 2.31. The molecule has 1 unspecified atom stereocenters. The van der Waals surface area contributed by atoms with E-state index in [9.17, 15) is 0 Å². The number of unbranched alkanes of at least 4 members (excludes halogenated alkanes) is 2. The predicted molar refractivity (Wildman–Crippen MR) is 214 cm³/mol. The Labute approximate surface area is 282 Å². The van der Waals surface area contributed by atoms with Crippen LogP contribution in [0.3, 0.4) is 0 Å². The third-order valence-electron chi connectivity index (χ3n) is 8.97. The van der Waals surface area contributed by atoms with Crippen molar-refractivity contribution < 1.29 is 0 Å². The van der Waals surface area contributed by atoms with Gasteiger partial charge in [-0.3, -0.25) is 0 Å². The van der Waals surface area contributed by atoms with Gasteiger partial charge in [0.05, 0.1) is 0 Å². The molecule has 0 fully saturated rings. The van der Waals surface area contributed by atoms with E-state index in [0.717, 1.165) is 0 Å². The highest BCUT2D eigenvalue weighted by Crippen LogP contribution is 2.27. The second-order valence-electron chi connectivity index (χ2n) is 12.1. The number of benzene rings is 8. The lowest BCUT2D eigenvalue weighted by atomic mass is 10.00. The van der Waals surface area contributed by atoms with Crippen molar-refractivity contribution in [2.75, 3.05) is 0 Å². The van der Waals surface area contributed by atoms with Crippen molar-refractivity contribution in [3.05, 3.63) is 169 Å². The van der Waals surface area contributed by atoms with Crippen molar-refractivity contribution >= 4 is 81.5 Å². The molecule has 47 heavy (non-hydrogen) atoms. The zero-order valence-electron chi connectivity index (χ0n) is 26.9. The molecule has 0 spiro atoms. The van der Waals surface area contributed by atoms with E-state index in [2.05, 4.69) is 171 Å². The van der Waals surface area contributed by atoms with E-state index < -0.39 is 0 Å². The van der Waals surface area contributed by atoms with Crippen LogP contribution in [0.15, 0.2) is 164 Å². The van der Waals surface area contributed by atoms with E-state index in [1.165, 1.54) is 95.6 Å². The molecule has 0 aliphatic heterocycles. The SMILES string of the molecule is CCCCCc1cccc2c(Pc3cccc4ccccc34)cccc12.c1ccc2c(Pc3cccc4ccccc34)cccc2c1. The molecule has 0 heterocycles. The quantitative estimate of drug-likeness (QED) is 0.114. The lowest BCUT2D eigenvalue weighted by Gasteiger charge is -2.12. The Balaban J connectivity index is 0.000000153. The molecule has 0 bridgehead atoms. The van der Waals surface area contributed by atoms with Crippen molar-refractivity contribution in [2.24, 2.45) is 0 Å². The van der Waals surface area contributed by atoms with Crippen LogP contribution in [0.25, 0.3) is 43.1 Å². The smallest absolute Gasteiger partial charge is 0.0104 e. The molecule has 230 valence electrons. The predicted octanol–water partition coefficient (Wildman–Crippen LogP) is 11.0. The Morgan fingerprint density at radius 3 is 1.19 bits per heavy atom. The first-order chi connectivity index (χ1) is 23.3. The Kier molecular flexibility index (Phi) is 10.0. The lowest BCUT2D eigenvalue weighted by Crippen LogP contribution is -2.06. The van der Waals surface area contributed by atoms with E-state index in [0.29, 0.717) is 17.2 Å². The van der Waals surface area contributed by atoms with E-state index >= 15 is 0 Å². The average Bonchev–Trinajstić information content (AvgIpc) is 3.13. The second kappa shape index (κ2) is 15.0. The molecule has 0 nitrogen and oxygen atoms in total. The summed E-state index contributed by atoms with van der Waals surface area (Å²) in [5.41, 5.74) is 1.50. The topological polar surface area (TPSA) is 0 Å². The highest BCUT2D eigenvalue weighted by Gasteiger charge is 2.08. The summed E-state index contributed by atoms with van der Waals surface area (Å²) in [6.45, 7) is 2.27. The number of rotatable bonds is 8. The maximum Gasteiger partial charge on any atom is -0.0104 e. The molecule has 0 N–H and O–H groups in total. The van der Waals surface area contributed by atoms with Gasteiger partial charge in [-0.1, -0.05) is 201 Å². The molecule has 0 aliphatic rings. The molecule has 8 aromatic rings. The summed E-state index contributed by atoms with van der Waals surface area (Å²) in [7, 11) is 1.37. The van der Waals surface area contributed by atoms with Gasteiger partial charge in [0, 0.05) is 0 Å². The summed E-state index contributed by atoms with van der Waals surface area (Å²) in [5, 5.41) is 16.7. The Morgan fingerprint density at radius 2 is 0.702 bits per heavy atom. The van der Waals surface area contributed by atoms with Gasteiger partial charge in [0.2, 0.25) is 0 Å². The van der Waals surface area contributed by atoms with Crippen LogP contribution in [0, 0.1) is 0 Å². The molecule has 0 amide bonds. The van der Waals surface area contributed by atoms with Crippen LogP contribution in [0.5, 0.6) is 0 Å². The maximum absolute atomic E-state index is 2.31. The van der Waals surface area contributed by atoms with E-state index in [1.807, 2.05) is 0 Å². The molecule has 0 saturated carbocycles. The Hall–Kier alpha value is -4.34. The van der Waals surface area contributed by atoms with Crippen molar-refractivity contribution in [3.63, 3.8) is 0 Å². The van der Waals surface area contributed by atoms with E-state index in [1.54, 1.807) is 0 Å². The Bertz CT molecular complexity index is 2190. The van der Waals surface area contributed by atoms with Crippen molar-refractivity contribution in [3.8, 4) is 0 Å². The van der Waals surface area contributed by atoms with Gasteiger partial charge in [0.1, 0.15) is 0 Å². The summed E-state index contributed by atoms with van der Waals surface area (Å²) in [6, 6.07) is 59.6. The van der Waals surface area contributed by atoms with Crippen LogP contribution in [-0.2, 0) is 6.42 Å². The van der Waals surface area contributed by atoms with Gasteiger partial charge in [-0.25, -0.2) is 0 Å². The lowest BCUT2D eigenvalue weighted by molar-refractivity contribution is 0.720. The first kappa shape index (κ1) is 31.3. The molecule has 2 heteroatoms. The van der Waals surface area contributed by atoms with Gasteiger partial charge in [0.25, 0.3) is 0 Å². The molecule has 8 aromatic carbocycles. The third kappa shape index (κ3) is 7.16. The second-order valence-corrected chi connectivity index (χ2v) is 14.8. The molecule has 1 atom stereocenters. The van der Waals surface area contributed by atoms with Crippen molar-refractivity contribution in [1.29, 1.82) is 0 Å². The van der Waals surface area contributed by atoms with E-state index in [4.69, 9.17) is 0 Å². The normalized spacial score (nSPS) is 11.4. The molecule has 8 rings (SSSR count). The number of hydrogen-bond donors (Lipinski definition) is 0. The fraction of sp³-hybridized carbons (Fsp3) is 0.111. The summed E-state index contributed by atoms with van der Waals surface area (Å²) in [6.07, 6.45) is 5.06. The first-order valence-electron chi connectivity index (χ1n) is 16.8. The molecule has 0 saturated heterocycles. The molecular weight excluding hydrogens is 602 g/mol.